The topological polar surface area (TPSA) is 105 Å². The van der Waals surface area contributed by atoms with Crippen molar-refractivity contribution in [2.75, 3.05) is 24.5 Å². The van der Waals surface area contributed by atoms with Crippen LogP contribution in [-0.2, 0) is 20.7 Å². The van der Waals surface area contributed by atoms with Crippen LogP contribution in [0.25, 0.3) is 0 Å². The van der Waals surface area contributed by atoms with Gasteiger partial charge in [0, 0.05) is 43.7 Å². The highest BCUT2D eigenvalue weighted by atomic mass is 35.5. The van der Waals surface area contributed by atoms with Gasteiger partial charge in [-0.1, -0.05) is 11.6 Å². The molecule has 0 bridgehead atoms. The lowest BCUT2D eigenvalue weighted by Crippen LogP contribution is -2.47. The summed E-state index contributed by atoms with van der Waals surface area (Å²) in [5, 5.41) is 15.6. The van der Waals surface area contributed by atoms with Crippen LogP contribution in [0.4, 0.5) is 14.9 Å². The van der Waals surface area contributed by atoms with Crippen LogP contribution in [0.15, 0.2) is 30.6 Å². The first kappa shape index (κ1) is 27.1. The van der Waals surface area contributed by atoms with Crippen LogP contribution in [0.3, 0.4) is 0 Å². The summed E-state index contributed by atoms with van der Waals surface area (Å²) in [7, 11) is 0. The van der Waals surface area contributed by atoms with Crippen molar-refractivity contribution in [3.8, 4) is 0 Å². The molecule has 0 aliphatic carbocycles. The second-order valence-electron chi connectivity index (χ2n) is 10.6. The third-order valence-electron chi connectivity index (χ3n) is 6.71. The van der Waals surface area contributed by atoms with E-state index in [0.717, 1.165) is 0 Å². The van der Waals surface area contributed by atoms with Gasteiger partial charge < -0.3 is 19.6 Å². The highest BCUT2D eigenvalue weighted by Crippen LogP contribution is 2.32. The van der Waals surface area contributed by atoms with Crippen molar-refractivity contribution >= 4 is 35.1 Å². The number of piperidine rings is 1. The van der Waals surface area contributed by atoms with E-state index in [4.69, 9.17) is 16.3 Å². The number of Topliss-reactive ketones (excluding diaryl/α,β-unsaturated/α-hetero) is 1. The summed E-state index contributed by atoms with van der Waals surface area (Å²) < 4.78 is 20.8. The van der Waals surface area contributed by atoms with Gasteiger partial charge >= 0.3 is 6.09 Å². The molecular formula is C26H32ClFN4O5. The zero-order valence-electron chi connectivity index (χ0n) is 21.2. The number of benzene rings is 1. The quantitative estimate of drug-likeness (QED) is 0.563. The average Bonchev–Trinajstić information content (AvgIpc) is 3.41. The van der Waals surface area contributed by atoms with Crippen molar-refractivity contribution in [2.45, 2.75) is 70.1 Å². The van der Waals surface area contributed by atoms with E-state index >= 15 is 0 Å². The molecule has 1 aromatic heterocycles. The van der Waals surface area contributed by atoms with Crippen molar-refractivity contribution in [1.29, 1.82) is 0 Å². The predicted octanol–water partition coefficient (Wildman–Crippen LogP) is 3.92. The number of likely N-dealkylation sites (tertiary alicyclic amines) is 1. The van der Waals surface area contributed by atoms with Crippen molar-refractivity contribution in [2.24, 2.45) is 0 Å². The molecule has 2 aromatic rings. The molecule has 3 heterocycles. The fourth-order valence-electron chi connectivity index (χ4n) is 4.74. The Morgan fingerprint density at radius 2 is 1.92 bits per heavy atom. The summed E-state index contributed by atoms with van der Waals surface area (Å²) in [5.74, 6) is -1.80. The number of carbonyl (C=O) groups is 3. The van der Waals surface area contributed by atoms with Gasteiger partial charge in [0.1, 0.15) is 11.4 Å². The van der Waals surface area contributed by atoms with Crippen molar-refractivity contribution in [3.63, 3.8) is 0 Å². The fraction of sp³-hybridized carbons (Fsp3) is 0.538. The van der Waals surface area contributed by atoms with Crippen molar-refractivity contribution < 1.29 is 28.6 Å². The molecule has 1 N–H and O–H groups in total. The molecule has 0 radical (unpaired) electrons. The SMILES string of the molecule is CC(C)(C)OC(=O)N1CCC(n2cc(N3CCC(O)(C(=O)CCc4cc(F)cc(Cl)c4)C3=O)cn2)CC1. The van der Waals surface area contributed by atoms with Gasteiger partial charge in [-0.3, -0.25) is 14.3 Å². The summed E-state index contributed by atoms with van der Waals surface area (Å²) in [5.41, 5.74) is -1.66. The first-order valence-electron chi connectivity index (χ1n) is 12.4. The second-order valence-corrected chi connectivity index (χ2v) is 11.1. The van der Waals surface area contributed by atoms with E-state index in [2.05, 4.69) is 5.10 Å². The number of ether oxygens (including phenoxy) is 1. The van der Waals surface area contributed by atoms with Gasteiger partial charge in [-0.2, -0.15) is 5.10 Å². The van der Waals surface area contributed by atoms with Crippen LogP contribution < -0.4 is 4.90 Å². The molecule has 9 nitrogen and oxygen atoms in total. The minimum absolute atomic E-state index is 0.0337. The molecule has 1 unspecified atom stereocenters. The van der Waals surface area contributed by atoms with Gasteiger partial charge in [0.05, 0.1) is 17.9 Å². The maximum atomic E-state index is 13.6. The molecule has 0 spiro atoms. The number of aromatic nitrogens is 2. The van der Waals surface area contributed by atoms with Gasteiger partial charge in [0.2, 0.25) is 5.60 Å². The molecule has 11 heteroatoms. The Balaban J connectivity index is 1.34. The lowest BCUT2D eigenvalue weighted by atomic mass is 9.92. The molecule has 4 rings (SSSR count). The maximum absolute atomic E-state index is 13.6. The first-order valence-corrected chi connectivity index (χ1v) is 12.8. The molecule has 2 amide bonds. The molecule has 2 saturated heterocycles. The molecule has 200 valence electrons. The number of aryl methyl sites for hydroxylation is 1. The summed E-state index contributed by atoms with van der Waals surface area (Å²) >= 11 is 5.87. The number of anilines is 1. The number of carbonyl (C=O) groups excluding carboxylic acids is 3. The first-order chi connectivity index (χ1) is 17.4. The molecular weight excluding hydrogens is 503 g/mol. The zero-order chi connectivity index (χ0) is 27.0. The van der Waals surface area contributed by atoms with E-state index in [1.165, 1.54) is 17.0 Å². The number of rotatable bonds is 6. The number of hydrogen-bond donors (Lipinski definition) is 1. The Labute approximate surface area is 220 Å². The van der Waals surface area contributed by atoms with E-state index in [-0.39, 0.29) is 43.0 Å². The number of amides is 2. The molecule has 1 atom stereocenters. The summed E-state index contributed by atoms with van der Waals surface area (Å²) in [6.45, 7) is 6.73. The van der Waals surface area contributed by atoms with Gasteiger partial charge in [-0.15, -0.1) is 0 Å². The van der Waals surface area contributed by atoms with E-state index in [9.17, 15) is 23.9 Å². The van der Waals surface area contributed by atoms with E-state index in [0.29, 0.717) is 37.2 Å². The van der Waals surface area contributed by atoms with Crippen LogP contribution in [0.5, 0.6) is 0 Å². The van der Waals surface area contributed by atoms with E-state index in [1.54, 1.807) is 28.0 Å². The Hall–Kier alpha value is -2.98. The van der Waals surface area contributed by atoms with Gasteiger partial charge in [0.25, 0.3) is 5.91 Å². The number of aliphatic hydroxyl groups is 1. The molecule has 1 aromatic carbocycles. The van der Waals surface area contributed by atoms with Crippen LogP contribution in [0.1, 0.15) is 58.1 Å². The lowest BCUT2D eigenvalue weighted by Gasteiger charge is -2.33. The standard InChI is InChI=1S/C26H32ClFN4O5/c1-25(2,3)37-24(35)30-9-6-20(7-10-30)32-16-21(15-29-32)31-11-8-26(36,23(31)34)22(33)5-4-17-12-18(27)14-19(28)13-17/h12-16,20,36H,4-11H2,1-3H3. The zero-order valence-corrected chi connectivity index (χ0v) is 22.0. The average molecular weight is 535 g/mol. The Morgan fingerprint density at radius 3 is 2.57 bits per heavy atom. The molecule has 2 fully saturated rings. The molecule has 2 aliphatic heterocycles. The van der Waals surface area contributed by atoms with E-state index < -0.39 is 28.7 Å². The summed E-state index contributed by atoms with van der Waals surface area (Å²) in [4.78, 5) is 41.3. The van der Waals surface area contributed by atoms with Gasteiger partial charge in [0.15, 0.2) is 5.78 Å². The number of ketones is 1. The lowest BCUT2D eigenvalue weighted by molar-refractivity contribution is -0.147. The Bertz CT molecular complexity index is 1170. The van der Waals surface area contributed by atoms with Crippen LogP contribution in [-0.4, -0.2) is 68.4 Å². The highest BCUT2D eigenvalue weighted by Gasteiger charge is 2.51. The normalized spacial score (nSPS) is 21.0. The van der Waals surface area contributed by atoms with Gasteiger partial charge in [-0.05, 0) is 63.8 Å². The fourth-order valence-corrected chi connectivity index (χ4v) is 4.98. The smallest absolute Gasteiger partial charge is 0.410 e. The third kappa shape index (κ3) is 6.13. The molecule has 2 aliphatic rings. The summed E-state index contributed by atoms with van der Waals surface area (Å²) in [6.07, 6.45) is 4.31. The predicted molar refractivity (Wildman–Crippen MR) is 135 cm³/mol. The number of halogens is 2. The molecule has 0 saturated carbocycles. The minimum atomic E-state index is -2.13. The van der Waals surface area contributed by atoms with Gasteiger partial charge in [-0.25, -0.2) is 9.18 Å². The summed E-state index contributed by atoms with van der Waals surface area (Å²) in [6, 6.07) is 4.04. The maximum Gasteiger partial charge on any atom is 0.410 e. The van der Waals surface area contributed by atoms with Crippen molar-refractivity contribution in [3.05, 3.63) is 47.0 Å². The van der Waals surface area contributed by atoms with Crippen LogP contribution in [0, 0.1) is 5.82 Å². The Morgan fingerprint density at radius 1 is 1.22 bits per heavy atom. The molecule has 37 heavy (non-hydrogen) atoms. The largest absolute Gasteiger partial charge is 0.444 e. The Kier molecular flexibility index (Phi) is 7.62. The third-order valence-corrected chi connectivity index (χ3v) is 6.93. The number of nitrogens with zero attached hydrogens (tertiary/aromatic N) is 4. The monoisotopic (exact) mass is 534 g/mol. The highest BCUT2D eigenvalue weighted by molar-refractivity contribution is 6.30. The van der Waals surface area contributed by atoms with E-state index in [1.807, 2.05) is 20.8 Å². The van der Waals surface area contributed by atoms with Crippen LogP contribution >= 0.6 is 11.6 Å². The minimum Gasteiger partial charge on any atom is -0.444 e. The number of hydrogen-bond acceptors (Lipinski definition) is 6. The van der Waals surface area contributed by atoms with Crippen LogP contribution in [0.2, 0.25) is 5.02 Å². The van der Waals surface area contributed by atoms with Crippen molar-refractivity contribution in [1.82, 2.24) is 14.7 Å². The second kappa shape index (κ2) is 10.4.